The summed E-state index contributed by atoms with van der Waals surface area (Å²) in [4.78, 5) is 0. The van der Waals surface area contributed by atoms with Crippen molar-refractivity contribution in [1.82, 2.24) is 0 Å². The Morgan fingerprint density at radius 2 is 1.57 bits per heavy atom. The molecule has 21 heavy (non-hydrogen) atoms. The van der Waals surface area contributed by atoms with Gasteiger partial charge >= 0.3 is 7.12 Å². The smallest absolute Gasteiger partial charge is 0.488 e. The molecule has 0 spiro atoms. The van der Waals surface area contributed by atoms with Crippen LogP contribution in [-0.2, 0) is 14.0 Å². The van der Waals surface area contributed by atoms with Crippen molar-refractivity contribution in [2.24, 2.45) is 0 Å². The minimum Gasteiger partial charge on any atom is -0.488 e. The first-order valence-electron chi connectivity index (χ1n) is 7.36. The van der Waals surface area contributed by atoms with E-state index in [4.69, 9.17) is 18.8 Å². The monoisotopic (exact) mass is 292 g/mol. The van der Waals surface area contributed by atoms with E-state index < -0.39 is 0 Å². The molecule has 0 aromatic heterocycles. The van der Waals surface area contributed by atoms with Crippen molar-refractivity contribution in [3.8, 4) is 5.75 Å². The third-order valence-corrected chi connectivity index (χ3v) is 4.14. The number of benzene rings is 1. The summed E-state index contributed by atoms with van der Waals surface area (Å²) in [5, 5.41) is 0. The van der Waals surface area contributed by atoms with Crippen molar-refractivity contribution in [3.63, 3.8) is 0 Å². The van der Waals surface area contributed by atoms with Crippen molar-refractivity contribution < 1.29 is 18.8 Å². The minimum atomic E-state index is -0.333. The van der Waals surface area contributed by atoms with Crippen molar-refractivity contribution in [2.45, 2.75) is 51.9 Å². The zero-order valence-corrected chi connectivity index (χ0v) is 13.8. The Morgan fingerprint density at radius 3 is 2.05 bits per heavy atom. The molecule has 1 fully saturated rings. The van der Waals surface area contributed by atoms with Crippen LogP contribution in [0.2, 0.25) is 0 Å². The van der Waals surface area contributed by atoms with Gasteiger partial charge in [-0.2, -0.15) is 0 Å². The molecular formula is C16H25BO4. The van der Waals surface area contributed by atoms with Gasteiger partial charge < -0.3 is 18.8 Å². The van der Waals surface area contributed by atoms with Crippen LogP contribution >= 0.6 is 0 Å². The maximum Gasteiger partial charge on any atom is 0.494 e. The van der Waals surface area contributed by atoms with E-state index in [2.05, 4.69) is 27.7 Å². The first-order chi connectivity index (χ1) is 9.75. The molecule has 5 heteroatoms. The highest BCUT2D eigenvalue weighted by Gasteiger charge is 2.51. The van der Waals surface area contributed by atoms with Gasteiger partial charge in [-0.15, -0.1) is 0 Å². The lowest BCUT2D eigenvalue weighted by Gasteiger charge is -2.32. The molecule has 1 saturated heterocycles. The number of rotatable bonds is 5. The molecule has 1 aliphatic heterocycles. The highest BCUT2D eigenvalue weighted by molar-refractivity contribution is 6.62. The number of hydrogen-bond donors (Lipinski definition) is 0. The lowest BCUT2D eigenvalue weighted by molar-refractivity contribution is 0.00578. The van der Waals surface area contributed by atoms with Crippen LogP contribution in [0.4, 0.5) is 0 Å². The maximum atomic E-state index is 6.03. The van der Waals surface area contributed by atoms with Gasteiger partial charge in [-0.3, -0.25) is 0 Å². The molecule has 0 unspecified atom stereocenters. The fourth-order valence-corrected chi connectivity index (χ4v) is 2.18. The van der Waals surface area contributed by atoms with Crippen LogP contribution < -0.4 is 10.2 Å². The predicted octanol–water partition coefficient (Wildman–Crippen LogP) is 2.40. The first kappa shape index (κ1) is 16.3. The highest BCUT2D eigenvalue weighted by Crippen LogP contribution is 2.36. The van der Waals surface area contributed by atoms with Crippen LogP contribution in [-0.4, -0.2) is 38.1 Å². The van der Waals surface area contributed by atoms with E-state index in [1.165, 1.54) is 0 Å². The lowest BCUT2D eigenvalue weighted by atomic mass is 9.79. The van der Waals surface area contributed by atoms with E-state index in [0.717, 1.165) is 11.2 Å². The van der Waals surface area contributed by atoms with Gasteiger partial charge in [0.25, 0.3) is 0 Å². The Labute approximate surface area is 127 Å². The standard InChI is InChI=1S/C16H25BO4/c1-12(11-18-6)19-14-9-7-13(8-10-14)17-20-15(2,3)16(4,5)21-17/h7-10,12H,11H2,1-6H3/t12-/m0/s1. The van der Waals surface area contributed by atoms with Crippen LogP contribution in [0.15, 0.2) is 24.3 Å². The highest BCUT2D eigenvalue weighted by atomic mass is 16.7. The molecule has 1 aromatic rings. The minimum absolute atomic E-state index is 0.0256. The SMILES string of the molecule is COC[C@H](C)Oc1ccc(B2OC(C)(C)C(C)(C)O2)cc1. The Balaban J connectivity index is 2.03. The van der Waals surface area contributed by atoms with Gasteiger partial charge in [0.15, 0.2) is 0 Å². The normalized spacial score (nSPS) is 21.3. The van der Waals surface area contributed by atoms with Gasteiger partial charge in [-0.1, -0.05) is 12.1 Å². The van der Waals surface area contributed by atoms with E-state index >= 15 is 0 Å². The molecule has 0 N–H and O–H groups in total. The van der Waals surface area contributed by atoms with Crippen molar-refractivity contribution >= 4 is 12.6 Å². The summed E-state index contributed by atoms with van der Waals surface area (Å²) in [5.74, 6) is 0.819. The third kappa shape index (κ3) is 3.60. The van der Waals surface area contributed by atoms with E-state index in [0.29, 0.717) is 6.61 Å². The Kier molecular flexibility index (Phi) is 4.66. The molecule has 2 rings (SSSR count). The fourth-order valence-electron chi connectivity index (χ4n) is 2.18. The van der Waals surface area contributed by atoms with Crippen molar-refractivity contribution in [3.05, 3.63) is 24.3 Å². The average Bonchev–Trinajstić information content (AvgIpc) is 2.59. The quantitative estimate of drug-likeness (QED) is 0.781. The summed E-state index contributed by atoms with van der Waals surface area (Å²) in [5.41, 5.74) is 0.361. The zero-order valence-electron chi connectivity index (χ0n) is 13.8. The molecule has 1 aromatic carbocycles. The van der Waals surface area contributed by atoms with Crippen LogP contribution in [0.25, 0.3) is 0 Å². The van der Waals surface area contributed by atoms with Crippen LogP contribution in [0, 0.1) is 0 Å². The largest absolute Gasteiger partial charge is 0.494 e. The summed E-state index contributed by atoms with van der Waals surface area (Å²) >= 11 is 0. The first-order valence-corrected chi connectivity index (χ1v) is 7.36. The van der Waals surface area contributed by atoms with Gasteiger partial charge in [0.2, 0.25) is 0 Å². The lowest BCUT2D eigenvalue weighted by Crippen LogP contribution is -2.41. The third-order valence-electron chi connectivity index (χ3n) is 4.14. The van der Waals surface area contributed by atoms with Gasteiger partial charge in [-0.25, -0.2) is 0 Å². The molecule has 0 bridgehead atoms. The maximum absolute atomic E-state index is 6.03. The van der Waals surface area contributed by atoms with Crippen LogP contribution in [0.5, 0.6) is 5.75 Å². The molecule has 0 radical (unpaired) electrons. The summed E-state index contributed by atoms with van der Waals surface area (Å²) in [6, 6.07) is 7.84. The van der Waals surface area contributed by atoms with E-state index in [-0.39, 0.29) is 24.4 Å². The van der Waals surface area contributed by atoms with Crippen LogP contribution in [0.1, 0.15) is 34.6 Å². The Bertz CT molecular complexity index is 454. The fraction of sp³-hybridized carbons (Fsp3) is 0.625. The Morgan fingerprint density at radius 1 is 1.05 bits per heavy atom. The molecule has 0 aliphatic carbocycles. The second kappa shape index (κ2) is 5.99. The topological polar surface area (TPSA) is 36.9 Å². The summed E-state index contributed by atoms with van der Waals surface area (Å²) in [6.07, 6.45) is 0.0256. The molecule has 4 nitrogen and oxygen atoms in total. The molecular weight excluding hydrogens is 267 g/mol. The van der Waals surface area contributed by atoms with E-state index in [1.807, 2.05) is 31.2 Å². The van der Waals surface area contributed by atoms with Crippen molar-refractivity contribution in [2.75, 3.05) is 13.7 Å². The van der Waals surface area contributed by atoms with E-state index in [1.54, 1.807) is 7.11 Å². The Hall–Kier alpha value is -1.04. The number of hydrogen-bond acceptors (Lipinski definition) is 4. The van der Waals surface area contributed by atoms with Gasteiger partial charge in [0.1, 0.15) is 11.9 Å². The van der Waals surface area contributed by atoms with Crippen LogP contribution in [0.3, 0.4) is 0 Å². The van der Waals surface area contributed by atoms with E-state index in [9.17, 15) is 0 Å². The second-order valence-electron chi connectivity index (χ2n) is 6.54. The summed E-state index contributed by atoms with van der Waals surface area (Å²) in [7, 11) is 1.33. The summed E-state index contributed by atoms with van der Waals surface area (Å²) in [6.45, 7) is 10.8. The van der Waals surface area contributed by atoms with Crippen molar-refractivity contribution in [1.29, 1.82) is 0 Å². The molecule has 116 valence electrons. The molecule has 1 atom stereocenters. The number of methoxy groups -OCH3 is 1. The van der Waals surface area contributed by atoms with Gasteiger partial charge in [-0.05, 0) is 52.2 Å². The van der Waals surface area contributed by atoms with Gasteiger partial charge in [0.05, 0.1) is 17.8 Å². The molecule has 0 saturated carbocycles. The molecule has 1 heterocycles. The molecule has 1 aliphatic rings. The molecule has 0 amide bonds. The van der Waals surface area contributed by atoms with Gasteiger partial charge in [0, 0.05) is 7.11 Å². The second-order valence-corrected chi connectivity index (χ2v) is 6.54. The number of ether oxygens (including phenoxy) is 2. The predicted molar refractivity (Wildman–Crippen MR) is 84.1 cm³/mol. The average molecular weight is 292 g/mol. The zero-order chi connectivity index (χ0) is 15.7. The summed E-state index contributed by atoms with van der Waals surface area (Å²) < 4.78 is 22.9.